The van der Waals surface area contributed by atoms with Crippen molar-refractivity contribution in [3.63, 3.8) is 0 Å². The fourth-order valence-corrected chi connectivity index (χ4v) is 5.35. The van der Waals surface area contributed by atoms with Crippen LogP contribution in [-0.4, -0.2) is 0 Å². The first-order valence-corrected chi connectivity index (χ1v) is 14.4. The van der Waals surface area contributed by atoms with Gasteiger partial charge in [-0.25, -0.2) is 0 Å². The molecule has 0 atom stereocenters. The molecule has 42 heavy (non-hydrogen) atoms. The summed E-state index contributed by atoms with van der Waals surface area (Å²) in [5.41, 5.74) is 11.7. The lowest BCUT2D eigenvalue weighted by molar-refractivity contribution is 1.55. The van der Waals surface area contributed by atoms with Crippen molar-refractivity contribution >= 4 is 34.4 Å². The number of hydrogen-bond acceptors (Lipinski definition) is 0. The van der Waals surface area contributed by atoms with Crippen LogP contribution in [-0.2, 0) is 0 Å². The lowest BCUT2D eigenvalue weighted by Crippen LogP contribution is -2.00. The van der Waals surface area contributed by atoms with E-state index in [4.69, 9.17) is 0 Å². The van der Waals surface area contributed by atoms with Crippen molar-refractivity contribution in [1.29, 1.82) is 0 Å². The van der Waals surface area contributed by atoms with Gasteiger partial charge in [0.25, 0.3) is 0 Å². The summed E-state index contributed by atoms with van der Waals surface area (Å²) in [4.78, 5) is 0. The third kappa shape index (κ3) is 6.30. The minimum atomic E-state index is 1.16. The monoisotopic (exact) mass is 536 g/mol. The Morgan fingerprint density at radius 3 is 0.786 bits per heavy atom. The van der Waals surface area contributed by atoms with Gasteiger partial charge in [0.05, 0.1) is 0 Å². The van der Waals surface area contributed by atoms with Crippen LogP contribution in [0.4, 0.5) is 0 Å². The molecule has 0 amide bonds. The Morgan fingerprint density at radius 2 is 0.500 bits per heavy atom. The molecule has 0 N–H and O–H groups in total. The molecule has 0 fully saturated rings. The van der Waals surface area contributed by atoms with Gasteiger partial charge >= 0.3 is 0 Å². The molecule has 200 valence electrons. The van der Waals surface area contributed by atoms with E-state index in [1.165, 1.54) is 33.4 Å². The van der Waals surface area contributed by atoms with Crippen molar-refractivity contribution in [2.75, 3.05) is 0 Å². The minimum absolute atomic E-state index is 1.16. The van der Waals surface area contributed by atoms with Crippen LogP contribution in [0.25, 0.3) is 34.4 Å². The zero-order valence-corrected chi connectivity index (χ0v) is 23.5. The van der Waals surface area contributed by atoms with Crippen LogP contribution in [0.2, 0.25) is 0 Å². The fourth-order valence-electron chi connectivity index (χ4n) is 5.35. The summed E-state index contributed by atoms with van der Waals surface area (Å²) in [5.74, 6) is 0. The Labute approximate surface area is 249 Å². The SMILES string of the molecule is C(=C(/C(=C(\C(=Cc1ccccc1)c1ccccc1)c1ccccc1)c1ccccc1)c1ccccc1)c1ccccc1. The van der Waals surface area contributed by atoms with E-state index < -0.39 is 0 Å². The molecule has 6 rings (SSSR count). The summed E-state index contributed by atoms with van der Waals surface area (Å²) in [6.45, 7) is 0. The lowest BCUT2D eigenvalue weighted by atomic mass is 9.80. The summed E-state index contributed by atoms with van der Waals surface area (Å²) in [6, 6.07) is 64.3. The van der Waals surface area contributed by atoms with Gasteiger partial charge in [-0.2, -0.15) is 0 Å². The largest absolute Gasteiger partial charge is 0.0622 e. The van der Waals surface area contributed by atoms with E-state index in [0.29, 0.717) is 0 Å². The highest BCUT2D eigenvalue weighted by molar-refractivity contribution is 6.29. The second-order valence-electron chi connectivity index (χ2n) is 10.2. The topological polar surface area (TPSA) is 0 Å². The Bertz CT molecular complexity index is 1660. The van der Waals surface area contributed by atoms with E-state index in [0.717, 1.165) is 22.3 Å². The van der Waals surface area contributed by atoms with Gasteiger partial charge in [-0.1, -0.05) is 182 Å². The molecule has 0 aromatic heterocycles. The number of hydrogen-bond donors (Lipinski definition) is 0. The summed E-state index contributed by atoms with van der Waals surface area (Å²) in [5, 5.41) is 0. The van der Waals surface area contributed by atoms with Crippen LogP contribution in [0.15, 0.2) is 182 Å². The van der Waals surface area contributed by atoms with Crippen molar-refractivity contribution in [2.45, 2.75) is 0 Å². The number of benzene rings is 6. The normalized spacial score (nSPS) is 12.5. The molecule has 0 spiro atoms. The maximum Gasteiger partial charge on any atom is -0.00204 e. The van der Waals surface area contributed by atoms with Gasteiger partial charge < -0.3 is 0 Å². The van der Waals surface area contributed by atoms with Crippen molar-refractivity contribution in [1.82, 2.24) is 0 Å². The molecule has 6 aromatic rings. The molecular weight excluding hydrogens is 504 g/mol. The summed E-state index contributed by atoms with van der Waals surface area (Å²) in [7, 11) is 0. The van der Waals surface area contributed by atoms with Crippen molar-refractivity contribution in [3.8, 4) is 0 Å². The highest BCUT2D eigenvalue weighted by Crippen LogP contribution is 2.45. The van der Waals surface area contributed by atoms with Gasteiger partial charge in [0.1, 0.15) is 0 Å². The number of allylic oxidation sites excluding steroid dienone is 4. The fraction of sp³-hybridized carbons (Fsp3) is 0. The standard InChI is InChI=1S/C42H32/c1-7-19-33(20-8-1)31-39(35-23-11-3-12-24-35)41(37-27-15-5-16-28-37)42(38-29-17-6-18-30-38)40(36-25-13-4-14-26-36)32-34-21-9-2-10-22-34/h1-32H/b39-31?,40-32?,42-41-. The van der Waals surface area contributed by atoms with Crippen molar-refractivity contribution < 1.29 is 0 Å². The van der Waals surface area contributed by atoms with E-state index in [-0.39, 0.29) is 0 Å². The van der Waals surface area contributed by atoms with Gasteiger partial charge in [-0.15, -0.1) is 0 Å². The maximum atomic E-state index is 2.33. The van der Waals surface area contributed by atoms with Crippen LogP contribution < -0.4 is 0 Å². The molecule has 0 aliphatic rings. The van der Waals surface area contributed by atoms with Gasteiger partial charge in [0.2, 0.25) is 0 Å². The molecule has 0 aliphatic carbocycles. The first-order valence-electron chi connectivity index (χ1n) is 14.4. The van der Waals surface area contributed by atoms with Gasteiger partial charge in [0, 0.05) is 0 Å². The predicted molar refractivity (Wildman–Crippen MR) is 181 cm³/mol. The van der Waals surface area contributed by atoms with Crippen LogP contribution in [0.5, 0.6) is 0 Å². The number of rotatable bonds is 8. The molecule has 0 heteroatoms. The molecule has 0 bridgehead atoms. The molecule has 6 aromatic carbocycles. The predicted octanol–water partition coefficient (Wildman–Crippen LogP) is 11.1. The smallest absolute Gasteiger partial charge is 0.00204 e. The summed E-state index contributed by atoms with van der Waals surface area (Å²) in [6.07, 6.45) is 4.65. The van der Waals surface area contributed by atoms with Gasteiger partial charge in [0.15, 0.2) is 0 Å². The minimum Gasteiger partial charge on any atom is -0.0622 e. The molecule has 0 unspecified atom stereocenters. The lowest BCUT2D eigenvalue weighted by Gasteiger charge is -2.23. The molecule has 0 radical (unpaired) electrons. The molecule has 0 nitrogen and oxygen atoms in total. The zero-order chi connectivity index (χ0) is 28.4. The van der Waals surface area contributed by atoms with Crippen molar-refractivity contribution in [2.24, 2.45) is 0 Å². The zero-order valence-electron chi connectivity index (χ0n) is 23.5. The first kappa shape index (κ1) is 26.7. The van der Waals surface area contributed by atoms with Crippen LogP contribution in [0, 0.1) is 0 Å². The second kappa shape index (κ2) is 13.3. The Kier molecular flexibility index (Phi) is 8.45. The van der Waals surface area contributed by atoms with E-state index in [1.807, 2.05) is 0 Å². The summed E-state index contributed by atoms with van der Waals surface area (Å²) < 4.78 is 0. The van der Waals surface area contributed by atoms with E-state index in [1.54, 1.807) is 0 Å². The molecule has 0 heterocycles. The quantitative estimate of drug-likeness (QED) is 0.134. The maximum absolute atomic E-state index is 2.33. The van der Waals surface area contributed by atoms with Crippen molar-refractivity contribution in [3.05, 3.63) is 215 Å². The van der Waals surface area contributed by atoms with Gasteiger partial charge in [-0.3, -0.25) is 0 Å². The Morgan fingerprint density at radius 1 is 0.262 bits per heavy atom. The van der Waals surface area contributed by atoms with Crippen LogP contribution in [0.1, 0.15) is 33.4 Å². The molecular formula is C42H32. The molecule has 0 aliphatic heterocycles. The Hall–Kier alpha value is -5.46. The Balaban J connectivity index is 1.78. The van der Waals surface area contributed by atoms with Gasteiger partial charge in [-0.05, 0) is 67.8 Å². The first-order chi connectivity index (χ1) is 20.9. The highest BCUT2D eigenvalue weighted by Gasteiger charge is 2.22. The average Bonchev–Trinajstić information content (AvgIpc) is 3.08. The van der Waals surface area contributed by atoms with E-state index in [2.05, 4.69) is 194 Å². The highest BCUT2D eigenvalue weighted by atomic mass is 14.2. The molecule has 0 saturated heterocycles. The second-order valence-corrected chi connectivity index (χ2v) is 10.2. The third-order valence-corrected chi connectivity index (χ3v) is 7.30. The van der Waals surface area contributed by atoms with Crippen LogP contribution in [0.3, 0.4) is 0 Å². The van der Waals surface area contributed by atoms with Crippen LogP contribution >= 0.6 is 0 Å². The average molecular weight is 537 g/mol. The van der Waals surface area contributed by atoms with E-state index in [9.17, 15) is 0 Å². The molecule has 0 saturated carbocycles. The third-order valence-electron chi connectivity index (χ3n) is 7.30. The van der Waals surface area contributed by atoms with E-state index >= 15 is 0 Å². The summed E-state index contributed by atoms with van der Waals surface area (Å²) >= 11 is 0.